The van der Waals surface area contributed by atoms with Gasteiger partial charge in [-0.2, -0.15) is 5.26 Å². The maximum Gasteiger partial charge on any atom is 0.161 e. The van der Waals surface area contributed by atoms with Crippen molar-refractivity contribution in [2.45, 2.75) is 13.3 Å². The molecule has 3 aromatic rings. The molecule has 0 unspecified atom stereocenters. The Kier molecular flexibility index (Phi) is 4.96. The number of aromatic nitrogens is 2. The fraction of sp³-hybridized carbons (Fsp3) is 0.316. The fourth-order valence-corrected chi connectivity index (χ4v) is 3.83. The van der Waals surface area contributed by atoms with E-state index in [9.17, 15) is 5.26 Å². The molecule has 0 fully saturated rings. The van der Waals surface area contributed by atoms with Gasteiger partial charge in [0.25, 0.3) is 0 Å². The third-order valence-electron chi connectivity index (χ3n) is 4.15. The number of methoxy groups -OCH3 is 2. The largest absolute Gasteiger partial charge is 0.493 e. The van der Waals surface area contributed by atoms with Crippen LogP contribution < -0.4 is 14.4 Å². The van der Waals surface area contributed by atoms with Crippen molar-refractivity contribution in [3.05, 3.63) is 40.0 Å². The van der Waals surface area contributed by atoms with Crippen LogP contribution in [0.5, 0.6) is 11.5 Å². The van der Waals surface area contributed by atoms with Crippen molar-refractivity contribution in [1.82, 2.24) is 9.97 Å². The van der Waals surface area contributed by atoms with Crippen molar-refractivity contribution in [2.75, 3.05) is 33.2 Å². The zero-order chi connectivity index (χ0) is 18.8. The first-order valence-electron chi connectivity index (χ1n) is 8.06. The molecule has 0 N–H and O–H groups in total. The summed E-state index contributed by atoms with van der Waals surface area (Å²) < 4.78 is 10.7. The minimum Gasteiger partial charge on any atom is -0.493 e. The summed E-state index contributed by atoms with van der Waals surface area (Å²) >= 11 is 1.41. The Morgan fingerprint density at radius 2 is 1.88 bits per heavy atom. The molecule has 0 atom stereocenters. The van der Waals surface area contributed by atoms with E-state index in [1.807, 2.05) is 44.1 Å². The fourth-order valence-electron chi connectivity index (χ4n) is 2.84. The average Bonchev–Trinajstić information content (AvgIpc) is 2.96. The van der Waals surface area contributed by atoms with Crippen LogP contribution in [0.3, 0.4) is 0 Å². The average molecular weight is 368 g/mol. The van der Waals surface area contributed by atoms with Crippen LogP contribution in [0.4, 0.5) is 5.82 Å². The number of hydrogen-bond acceptors (Lipinski definition) is 7. The highest BCUT2D eigenvalue weighted by Gasteiger charge is 2.18. The first-order valence-corrected chi connectivity index (χ1v) is 8.88. The van der Waals surface area contributed by atoms with E-state index in [1.165, 1.54) is 11.3 Å². The number of nitriles is 1. The normalized spacial score (nSPS) is 10.6. The first kappa shape index (κ1) is 18.0. The monoisotopic (exact) mass is 368 g/mol. The summed E-state index contributed by atoms with van der Waals surface area (Å²) in [5, 5.41) is 10.3. The van der Waals surface area contributed by atoms with Gasteiger partial charge in [-0.1, -0.05) is 6.07 Å². The standard InChI is InChI=1S/C19H20N4O2S/c1-11-15(10-20)26-19-17(11)18(23(2)3)21-16(22-19)9-12-6-7-13(24-4)14(8-12)25-5/h6-8H,9H2,1-5H3. The lowest BCUT2D eigenvalue weighted by Crippen LogP contribution is -2.13. The predicted molar refractivity (Wildman–Crippen MR) is 104 cm³/mol. The highest BCUT2D eigenvalue weighted by Crippen LogP contribution is 2.35. The van der Waals surface area contributed by atoms with Crippen molar-refractivity contribution >= 4 is 27.4 Å². The Labute approximate surface area is 156 Å². The summed E-state index contributed by atoms with van der Waals surface area (Å²) in [4.78, 5) is 12.9. The van der Waals surface area contributed by atoms with Gasteiger partial charge in [0.05, 0.1) is 19.6 Å². The Balaban J connectivity index is 2.07. The van der Waals surface area contributed by atoms with Crippen LogP contribution >= 0.6 is 11.3 Å². The summed E-state index contributed by atoms with van der Waals surface area (Å²) in [5.74, 6) is 2.91. The van der Waals surface area contributed by atoms with Gasteiger partial charge in [0.2, 0.25) is 0 Å². The number of benzene rings is 1. The summed E-state index contributed by atoms with van der Waals surface area (Å²) in [6.45, 7) is 1.95. The second kappa shape index (κ2) is 7.18. The summed E-state index contributed by atoms with van der Waals surface area (Å²) in [6.07, 6.45) is 0.565. The number of anilines is 1. The molecule has 0 aliphatic carbocycles. The number of nitrogens with zero attached hydrogens (tertiary/aromatic N) is 4. The SMILES string of the molecule is COc1ccc(Cc2nc(N(C)C)c3c(C)c(C#N)sc3n2)cc1OC. The predicted octanol–water partition coefficient (Wildman–Crippen LogP) is 3.55. The molecule has 0 saturated heterocycles. The van der Waals surface area contributed by atoms with Gasteiger partial charge in [0, 0.05) is 20.5 Å². The summed E-state index contributed by atoms with van der Waals surface area (Å²) in [7, 11) is 7.13. The summed E-state index contributed by atoms with van der Waals surface area (Å²) in [6, 6.07) is 8.04. The Morgan fingerprint density at radius 3 is 2.50 bits per heavy atom. The van der Waals surface area contributed by atoms with E-state index in [0.717, 1.165) is 27.2 Å². The molecule has 2 heterocycles. The van der Waals surface area contributed by atoms with Crippen LogP contribution in [-0.4, -0.2) is 38.3 Å². The van der Waals surface area contributed by atoms with Crippen molar-refractivity contribution in [1.29, 1.82) is 5.26 Å². The molecule has 6 nitrogen and oxygen atoms in total. The molecule has 0 bridgehead atoms. The molecule has 0 radical (unpaired) electrons. The lowest BCUT2D eigenvalue weighted by Gasteiger charge is -2.15. The lowest BCUT2D eigenvalue weighted by molar-refractivity contribution is 0.354. The summed E-state index contributed by atoms with van der Waals surface area (Å²) in [5.41, 5.74) is 1.97. The maximum atomic E-state index is 9.33. The quantitative estimate of drug-likeness (QED) is 0.686. The van der Waals surface area contributed by atoms with Gasteiger partial charge in [0.15, 0.2) is 11.5 Å². The lowest BCUT2D eigenvalue weighted by atomic mass is 10.1. The smallest absolute Gasteiger partial charge is 0.161 e. The molecule has 0 aliphatic rings. The van der Waals surface area contributed by atoms with Crippen LogP contribution in [0.2, 0.25) is 0 Å². The van der Waals surface area contributed by atoms with Gasteiger partial charge in [-0.15, -0.1) is 11.3 Å². The van der Waals surface area contributed by atoms with Crippen LogP contribution in [0.25, 0.3) is 10.2 Å². The number of hydrogen-bond donors (Lipinski definition) is 0. The Hall–Kier alpha value is -2.85. The maximum absolute atomic E-state index is 9.33. The number of ether oxygens (including phenoxy) is 2. The molecule has 0 amide bonds. The van der Waals surface area contributed by atoms with E-state index in [-0.39, 0.29) is 0 Å². The minimum absolute atomic E-state index is 0.565. The van der Waals surface area contributed by atoms with Crippen LogP contribution in [0.1, 0.15) is 21.8 Å². The molecule has 2 aromatic heterocycles. The van der Waals surface area contributed by atoms with Crippen molar-refractivity contribution in [3.63, 3.8) is 0 Å². The Bertz CT molecular complexity index is 1000. The van der Waals surface area contributed by atoms with Crippen LogP contribution in [-0.2, 0) is 6.42 Å². The number of thiophene rings is 1. The van der Waals surface area contributed by atoms with Crippen LogP contribution in [0.15, 0.2) is 18.2 Å². The molecule has 3 rings (SSSR count). The topological polar surface area (TPSA) is 71.3 Å². The molecule has 7 heteroatoms. The second-order valence-corrected chi connectivity index (χ2v) is 7.07. The molecule has 26 heavy (non-hydrogen) atoms. The third-order valence-corrected chi connectivity index (χ3v) is 5.24. The highest BCUT2D eigenvalue weighted by molar-refractivity contribution is 7.19. The van der Waals surface area contributed by atoms with E-state index in [1.54, 1.807) is 14.2 Å². The Morgan fingerprint density at radius 1 is 1.15 bits per heavy atom. The molecule has 0 saturated carbocycles. The third kappa shape index (κ3) is 3.16. The van der Waals surface area contributed by atoms with Gasteiger partial charge in [-0.3, -0.25) is 0 Å². The molecule has 134 valence electrons. The number of aryl methyl sites for hydroxylation is 1. The van der Waals surface area contributed by atoms with E-state index in [0.29, 0.717) is 28.6 Å². The zero-order valence-electron chi connectivity index (χ0n) is 15.5. The molecular weight excluding hydrogens is 348 g/mol. The van der Waals surface area contributed by atoms with Gasteiger partial charge in [-0.25, -0.2) is 9.97 Å². The zero-order valence-corrected chi connectivity index (χ0v) is 16.3. The van der Waals surface area contributed by atoms with Gasteiger partial charge in [0.1, 0.15) is 27.4 Å². The molecular formula is C19H20N4O2S. The molecule has 0 spiro atoms. The van der Waals surface area contributed by atoms with E-state index >= 15 is 0 Å². The van der Waals surface area contributed by atoms with E-state index in [4.69, 9.17) is 19.4 Å². The first-order chi connectivity index (χ1) is 12.5. The van der Waals surface area contributed by atoms with Gasteiger partial charge < -0.3 is 14.4 Å². The van der Waals surface area contributed by atoms with Gasteiger partial charge in [-0.05, 0) is 30.2 Å². The van der Waals surface area contributed by atoms with Crippen molar-refractivity contribution in [2.24, 2.45) is 0 Å². The number of rotatable bonds is 5. The highest BCUT2D eigenvalue weighted by atomic mass is 32.1. The molecule has 0 aliphatic heterocycles. The van der Waals surface area contributed by atoms with Gasteiger partial charge >= 0.3 is 0 Å². The van der Waals surface area contributed by atoms with E-state index < -0.39 is 0 Å². The van der Waals surface area contributed by atoms with E-state index in [2.05, 4.69) is 6.07 Å². The van der Waals surface area contributed by atoms with Crippen LogP contribution in [0, 0.1) is 18.3 Å². The van der Waals surface area contributed by atoms with Crippen molar-refractivity contribution in [3.8, 4) is 17.6 Å². The van der Waals surface area contributed by atoms with Crippen molar-refractivity contribution < 1.29 is 9.47 Å². The number of fused-ring (bicyclic) bond motifs is 1. The minimum atomic E-state index is 0.565. The molecule has 1 aromatic carbocycles. The second-order valence-electron chi connectivity index (χ2n) is 6.07.